The second-order valence-electron chi connectivity index (χ2n) is 4.76. The van der Waals surface area contributed by atoms with E-state index in [1.165, 1.54) is 28.4 Å². The van der Waals surface area contributed by atoms with Gasteiger partial charge in [0.25, 0.3) is 0 Å². The number of nitrogens with zero attached hydrogens (tertiary/aromatic N) is 4. The van der Waals surface area contributed by atoms with Crippen LogP contribution in [0, 0.1) is 6.92 Å². The smallest absolute Gasteiger partial charge is 0.246 e. The molecule has 2 rings (SSSR count). The first-order valence-corrected chi connectivity index (χ1v) is 7.99. The molecule has 114 valence electrons. The van der Waals surface area contributed by atoms with Crippen molar-refractivity contribution in [1.29, 1.82) is 0 Å². The summed E-state index contributed by atoms with van der Waals surface area (Å²) in [5, 5.41) is 3.99. The minimum atomic E-state index is -3.58. The van der Waals surface area contributed by atoms with Crippen LogP contribution in [0.3, 0.4) is 0 Å². The third-order valence-electron chi connectivity index (χ3n) is 3.01. The average molecular weight is 309 g/mol. The topological polar surface area (TPSA) is 94.1 Å². The minimum absolute atomic E-state index is 0.158. The van der Waals surface area contributed by atoms with Gasteiger partial charge in [-0.15, -0.1) is 0 Å². The van der Waals surface area contributed by atoms with E-state index < -0.39 is 10.0 Å². The van der Waals surface area contributed by atoms with E-state index in [9.17, 15) is 8.42 Å². The Labute approximate surface area is 124 Å². The Morgan fingerprint density at radius 1 is 1.38 bits per heavy atom. The SMILES string of the molecule is Cc1cccc(CN(C)S(=O)(=O)c2cnn(CCN)c2)n1. The predicted octanol–water partition coefficient (Wildman–Crippen LogP) is 0.366. The molecule has 0 aliphatic carbocycles. The second kappa shape index (κ2) is 6.33. The Kier molecular flexibility index (Phi) is 4.71. The molecule has 0 amide bonds. The van der Waals surface area contributed by atoms with Crippen molar-refractivity contribution >= 4 is 10.0 Å². The molecule has 0 aromatic carbocycles. The fraction of sp³-hybridized carbons (Fsp3) is 0.385. The van der Waals surface area contributed by atoms with Crippen LogP contribution in [0.25, 0.3) is 0 Å². The monoisotopic (exact) mass is 309 g/mol. The van der Waals surface area contributed by atoms with Crippen LogP contribution in [0.4, 0.5) is 0 Å². The molecule has 0 unspecified atom stereocenters. The number of hydrogen-bond acceptors (Lipinski definition) is 5. The summed E-state index contributed by atoms with van der Waals surface area (Å²) in [5.41, 5.74) is 6.99. The maximum absolute atomic E-state index is 12.5. The summed E-state index contributed by atoms with van der Waals surface area (Å²) in [7, 11) is -2.05. The molecule has 0 atom stereocenters. The maximum Gasteiger partial charge on any atom is 0.246 e. The molecule has 0 radical (unpaired) electrons. The van der Waals surface area contributed by atoms with Gasteiger partial charge < -0.3 is 5.73 Å². The Morgan fingerprint density at radius 2 is 2.14 bits per heavy atom. The molecule has 0 saturated heterocycles. The number of pyridine rings is 1. The van der Waals surface area contributed by atoms with Gasteiger partial charge >= 0.3 is 0 Å². The predicted molar refractivity (Wildman–Crippen MR) is 78.9 cm³/mol. The molecule has 0 bridgehead atoms. The summed E-state index contributed by atoms with van der Waals surface area (Å²) >= 11 is 0. The first kappa shape index (κ1) is 15.6. The molecule has 2 heterocycles. The van der Waals surface area contributed by atoms with Crippen molar-refractivity contribution < 1.29 is 8.42 Å². The Balaban J connectivity index is 2.17. The van der Waals surface area contributed by atoms with Crippen LogP contribution in [0.2, 0.25) is 0 Å². The summed E-state index contributed by atoms with van der Waals surface area (Å²) in [6.45, 7) is 2.98. The summed E-state index contributed by atoms with van der Waals surface area (Å²) in [4.78, 5) is 4.47. The van der Waals surface area contributed by atoms with Crippen LogP contribution >= 0.6 is 0 Å². The number of nitrogens with two attached hydrogens (primary N) is 1. The third-order valence-corrected chi connectivity index (χ3v) is 4.76. The molecule has 7 nitrogen and oxygen atoms in total. The van der Waals surface area contributed by atoms with Gasteiger partial charge in [0.15, 0.2) is 0 Å². The highest BCUT2D eigenvalue weighted by Crippen LogP contribution is 2.15. The van der Waals surface area contributed by atoms with E-state index in [0.717, 1.165) is 5.69 Å². The second-order valence-corrected chi connectivity index (χ2v) is 6.80. The van der Waals surface area contributed by atoms with Crippen molar-refractivity contribution in [1.82, 2.24) is 19.1 Å². The molecule has 0 aliphatic heterocycles. The highest BCUT2D eigenvalue weighted by Gasteiger charge is 2.23. The minimum Gasteiger partial charge on any atom is -0.329 e. The van der Waals surface area contributed by atoms with Gasteiger partial charge in [0.1, 0.15) is 4.90 Å². The zero-order valence-corrected chi connectivity index (χ0v) is 12.9. The van der Waals surface area contributed by atoms with E-state index >= 15 is 0 Å². The van der Waals surface area contributed by atoms with Crippen molar-refractivity contribution in [2.24, 2.45) is 5.73 Å². The van der Waals surface area contributed by atoms with Gasteiger partial charge in [-0.05, 0) is 19.1 Å². The fourth-order valence-electron chi connectivity index (χ4n) is 1.91. The molecule has 21 heavy (non-hydrogen) atoms. The van der Waals surface area contributed by atoms with Gasteiger partial charge in [0, 0.05) is 25.5 Å². The molecule has 2 aromatic rings. The van der Waals surface area contributed by atoms with Crippen molar-refractivity contribution in [3.63, 3.8) is 0 Å². The Hall–Kier alpha value is -1.77. The highest BCUT2D eigenvalue weighted by molar-refractivity contribution is 7.89. The van der Waals surface area contributed by atoms with Crippen LogP contribution in [0.1, 0.15) is 11.4 Å². The van der Waals surface area contributed by atoms with Crippen LogP contribution in [0.15, 0.2) is 35.5 Å². The van der Waals surface area contributed by atoms with Gasteiger partial charge in [0.05, 0.1) is 25.0 Å². The third kappa shape index (κ3) is 3.66. The Bertz CT molecular complexity index is 711. The molecule has 0 aliphatic rings. The molecule has 0 spiro atoms. The number of aromatic nitrogens is 3. The van der Waals surface area contributed by atoms with Crippen molar-refractivity contribution in [2.45, 2.75) is 24.9 Å². The standard InChI is InChI=1S/C13H19N5O2S/c1-11-4-3-5-12(16-11)9-17(2)21(19,20)13-8-15-18(10-13)7-6-14/h3-5,8,10H,6-7,9,14H2,1-2H3. The largest absolute Gasteiger partial charge is 0.329 e. The van der Waals surface area contributed by atoms with Crippen molar-refractivity contribution in [3.05, 3.63) is 42.0 Å². The lowest BCUT2D eigenvalue weighted by Crippen LogP contribution is -2.26. The van der Waals surface area contributed by atoms with Crippen molar-refractivity contribution in [3.8, 4) is 0 Å². The molecule has 8 heteroatoms. The van der Waals surface area contributed by atoms with E-state index in [-0.39, 0.29) is 11.4 Å². The van der Waals surface area contributed by atoms with E-state index in [1.807, 2.05) is 19.1 Å². The van der Waals surface area contributed by atoms with E-state index in [0.29, 0.717) is 18.8 Å². The van der Waals surface area contributed by atoms with Gasteiger partial charge in [-0.2, -0.15) is 9.40 Å². The average Bonchev–Trinajstić information content (AvgIpc) is 2.88. The van der Waals surface area contributed by atoms with Crippen LogP contribution in [0.5, 0.6) is 0 Å². The lowest BCUT2D eigenvalue weighted by Gasteiger charge is -2.15. The van der Waals surface area contributed by atoms with Gasteiger partial charge in [0.2, 0.25) is 10.0 Å². The first-order chi connectivity index (χ1) is 9.93. The van der Waals surface area contributed by atoms with Crippen molar-refractivity contribution in [2.75, 3.05) is 13.6 Å². The zero-order chi connectivity index (χ0) is 15.5. The number of rotatable bonds is 6. The lowest BCUT2D eigenvalue weighted by atomic mass is 10.3. The molecule has 0 fully saturated rings. The highest BCUT2D eigenvalue weighted by atomic mass is 32.2. The lowest BCUT2D eigenvalue weighted by molar-refractivity contribution is 0.461. The van der Waals surface area contributed by atoms with Gasteiger partial charge in [-0.1, -0.05) is 6.07 Å². The summed E-state index contributed by atoms with van der Waals surface area (Å²) in [6, 6.07) is 5.53. The molecule has 2 aromatic heterocycles. The number of hydrogen-bond donors (Lipinski definition) is 1. The van der Waals surface area contributed by atoms with Crippen LogP contribution < -0.4 is 5.73 Å². The number of aryl methyl sites for hydroxylation is 1. The van der Waals surface area contributed by atoms with E-state index in [2.05, 4.69) is 10.1 Å². The van der Waals surface area contributed by atoms with Crippen LogP contribution in [-0.4, -0.2) is 41.1 Å². The van der Waals surface area contributed by atoms with Gasteiger partial charge in [-0.3, -0.25) is 9.67 Å². The normalized spacial score (nSPS) is 12.0. The molecular weight excluding hydrogens is 290 g/mol. The maximum atomic E-state index is 12.5. The summed E-state index contributed by atoms with van der Waals surface area (Å²) in [6.07, 6.45) is 2.83. The van der Waals surface area contributed by atoms with E-state index in [4.69, 9.17) is 5.73 Å². The zero-order valence-electron chi connectivity index (χ0n) is 12.1. The summed E-state index contributed by atoms with van der Waals surface area (Å²) < 4.78 is 27.7. The summed E-state index contributed by atoms with van der Waals surface area (Å²) in [5.74, 6) is 0. The van der Waals surface area contributed by atoms with Gasteiger partial charge in [-0.25, -0.2) is 8.42 Å². The van der Waals surface area contributed by atoms with Crippen LogP contribution in [-0.2, 0) is 23.1 Å². The molecule has 0 saturated carbocycles. The Morgan fingerprint density at radius 3 is 2.81 bits per heavy atom. The first-order valence-electron chi connectivity index (χ1n) is 6.55. The quantitative estimate of drug-likeness (QED) is 0.832. The fourth-order valence-corrected chi connectivity index (χ4v) is 3.01. The van der Waals surface area contributed by atoms with E-state index in [1.54, 1.807) is 6.07 Å². The molecular formula is C13H19N5O2S. The number of sulfonamides is 1. The molecule has 2 N–H and O–H groups in total.